The van der Waals surface area contributed by atoms with Crippen molar-refractivity contribution in [2.75, 3.05) is 20.2 Å². The Labute approximate surface area is 199 Å². The number of nitrogens with zero attached hydrogens (tertiary/aromatic N) is 4. The van der Waals surface area contributed by atoms with Gasteiger partial charge in [0.05, 0.1) is 30.6 Å². The quantitative estimate of drug-likeness (QED) is 0.573. The first-order chi connectivity index (χ1) is 16.4. The molecule has 34 heavy (non-hydrogen) atoms. The number of rotatable bonds is 5. The molecule has 3 aromatic rings. The average Bonchev–Trinajstić information content (AvgIpc) is 3.54. The highest BCUT2D eigenvalue weighted by molar-refractivity contribution is 5.99. The summed E-state index contributed by atoms with van der Waals surface area (Å²) in [5.41, 5.74) is 4.07. The van der Waals surface area contributed by atoms with Gasteiger partial charge in [0.15, 0.2) is 0 Å². The van der Waals surface area contributed by atoms with E-state index in [1.807, 2.05) is 47.1 Å². The molecular weight excluding hydrogens is 428 g/mol. The second kappa shape index (κ2) is 8.63. The SMILES string of the molecule is COc1ccc(C(=O)N2CCC(N3C(=O)c4c(c(C)nn4-c4ccccc4)C3C(C)C)C2)cc1. The summed E-state index contributed by atoms with van der Waals surface area (Å²) < 4.78 is 6.99. The molecule has 2 atom stereocenters. The Balaban J connectivity index is 1.43. The first-order valence-electron chi connectivity index (χ1n) is 11.8. The van der Waals surface area contributed by atoms with Crippen LogP contribution >= 0.6 is 0 Å². The molecule has 0 saturated carbocycles. The number of fused-ring (bicyclic) bond motifs is 1. The van der Waals surface area contributed by atoms with Crippen LogP contribution in [0.2, 0.25) is 0 Å². The van der Waals surface area contributed by atoms with Crippen LogP contribution in [0.5, 0.6) is 5.75 Å². The number of carbonyl (C=O) groups excluding carboxylic acids is 2. The Hall–Kier alpha value is -3.61. The number of benzene rings is 2. The summed E-state index contributed by atoms with van der Waals surface area (Å²) in [4.78, 5) is 30.9. The Kier molecular flexibility index (Phi) is 5.63. The molecule has 2 aliphatic heterocycles. The lowest BCUT2D eigenvalue weighted by Crippen LogP contribution is -2.43. The molecule has 2 unspecified atom stereocenters. The van der Waals surface area contributed by atoms with Crippen molar-refractivity contribution >= 4 is 11.8 Å². The second-order valence-corrected chi connectivity index (χ2v) is 9.42. The van der Waals surface area contributed by atoms with Crippen LogP contribution in [0.4, 0.5) is 0 Å². The highest BCUT2D eigenvalue weighted by atomic mass is 16.5. The van der Waals surface area contributed by atoms with E-state index in [2.05, 4.69) is 13.8 Å². The summed E-state index contributed by atoms with van der Waals surface area (Å²) in [5.74, 6) is 0.937. The van der Waals surface area contributed by atoms with Crippen LogP contribution in [-0.4, -0.2) is 57.6 Å². The average molecular weight is 459 g/mol. The highest BCUT2D eigenvalue weighted by Crippen LogP contribution is 2.43. The fraction of sp³-hybridized carbons (Fsp3) is 0.370. The van der Waals surface area contributed by atoms with Crippen LogP contribution < -0.4 is 4.74 Å². The van der Waals surface area contributed by atoms with E-state index in [4.69, 9.17) is 9.84 Å². The molecular formula is C27H30N4O3. The Morgan fingerprint density at radius 1 is 1.09 bits per heavy atom. The van der Waals surface area contributed by atoms with Crippen molar-refractivity contribution in [3.63, 3.8) is 0 Å². The minimum absolute atomic E-state index is 0.00176. The number of hydrogen-bond acceptors (Lipinski definition) is 4. The van der Waals surface area contributed by atoms with E-state index >= 15 is 0 Å². The highest BCUT2D eigenvalue weighted by Gasteiger charge is 2.48. The van der Waals surface area contributed by atoms with Crippen molar-refractivity contribution in [1.82, 2.24) is 19.6 Å². The molecule has 1 saturated heterocycles. The van der Waals surface area contributed by atoms with Gasteiger partial charge in [-0.2, -0.15) is 5.10 Å². The fourth-order valence-corrected chi connectivity index (χ4v) is 5.36. The van der Waals surface area contributed by atoms with Crippen LogP contribution in [-0.2, 0) is 0 Å². The predicted octanol–water partition coefficient (Wildman–Crippen LogP) is 4.26. The van der Waals surface area contributed by atoms with E-state index in [0.29, 0.717) is 24.3 Å². The fourth-order valence-electron chi connectivity index (χ4n) is 5.36. The number of carbonyl (C=O) groups is 2. The molecule has 1 aromatic heterocycles. The lowest BCUT2D eigenvalue weighted by Gasteiger charge is -2.33. The summed E-state index contributed by atoms with van der Waals surface area (Å²) in [6, 6.07) is 16.9. The largest absolute Gasteiger partial charge is 0.497 e. The third-order valence-electron chi connectivity index (χ3n) is 6.95. The number of aromatic nitrogens is 2. The van der Waals surface area contributed by atoms with Crippen molar-refractivity contribution in [2.24, 2.45) is 5.92 Å². The second-order valence-electron chi connectivity index (χ2n) is 9.42. The summed E-state index contributed by atoms with van der Waals surface area (Å²) >= 11 is 0. The molecule has 5 rings (SSSR count). The van der Waals surface area contributed by atoms with Crippen molar-refractivity contribution in [3.8, 4) is 11.4 Å². The lowest BCUT2D eigenvalue weighted by atomic mass is 9.95. The molecule has 2 aromatic carbocycles. The summed E-state index contributed by atoms with van der Waals surface area (Å²) in [5, 5.41) is 4.74. The van der Waals surface area contributed by atoms with Gasteiger partial charge < -0.3 is 14.5 Å². The molecule has 3 heterocycles. The number of ether oxygens (including phenoxy) is 1. The number of methoxy groups -OCH3 is 1. The van der Waals surface area contributed by atoms with Gasteiger partial charge in [-0.05, 0) is 55.7 Å². The van der Waals surface area contributed by atoms with Gasteiger partial charge in [-0.3, -0.25) is 9.59 Å². The number of likely N-dealkylation sites (tertiary alicyclic amines) is 1. The third kappa shape index (κ3) is 3.56. The first-order valence-corrected chi connectivity index (χ1v) is 11.8. The van der Waals surface area contributed by atoms with Gasteiger partial charge in [0.2, 0.25) is 0 Å². The Bertz CT molecular complexity index is 1220. The molecule has 2 aliphatic rings. The Morgan fingerprint density at radius 3 is 2.44 bits per heavy atom. The third-order valence-corrected chi connectivity index (χ3v) is 6.95. The summed E-state index contributed by atoms with van der Waals surface area (Å²) in [7, 11) is 1.61. The zero-order valence-corrected chi connectivity index (χ0v) is 20.1. The molecule has 7 heteroatoms. The van der Waals surface area contributed by atoms with E-state index in [0.717, 1.165) is 29.1 Å². The summed E-state index contributed by atoms with van der Waals surface area (Å²) in [6.07, 6.45) is 0.763. The van der Waals surface area contributed by atoms with E-state index in [9.17, 15) is 9.59 Å². The van der Waals surface area contributed by atoms with Crippen LogP contribution in [0.1, 0.15) is 58.4 Å². The standard InChI is InChI=1S/C27H30N4O3/c1-17(2)24-23-18(3)28-31(20-8-6-5-7-9-20)25(23)27(33)30(24)21-14-15-29(16-21)26(32)19-10-12-22(34-4)13-11-19/h5-13,17,21,24H,14-16H2,1-4H3. The van der Waals surface area contributed by atoms with E-state index in [-0.39, 0.29) is 29.8 Å². The van der Waals surface area contributed by atoms with Crippen molar-refractivity contribution in [3.05, 3.63) is 77.1 Å². The number of para-hydroxylation sites is 1. The molecule has 1 fully saturated rings. The van der Waals surface area contributed by atoms with E-state index in [1.165, 1.54) is 0 Å². The maximum atomic E-state index is 13.9. The zero-order chi connectivity index (χ0) is 24.0. The smallest absolute Gasteiger partial charge is 0.273 e. The van der Waals surface area contributed by atoms with Gasteiger partial charge in [0, 0.05) is 24.2 Å². The number of amides is 2. The topological polar surface area (TPSA) is 67.7 Å². The van der Waals surface area contributed by atoms with Gasteiger partial charge in [0.25, 0.3) is 11.8 Å². The van der Waals surface area contributed by atoms with Gasteiger partial charge in [-0.1, -0.05) is 32.0 Å². The molecule has 0 radical (unpaired) electrons. The monoisotopic (exact) mass is 458 g/mol. The van der Waals surface area contributed by atoms with E-state index < -0.39 is 0 Å². The predicted molar refractivity (Wildman–Crippen MR) is 129 cm³/mol. The molecule has 0 aliphatic carbocycles. The molecule has 0 N–H and O–H groups in total. The molecule has 176 valence electrons. The van der Waals surface area contributed by atoms with Gasteiger partial charge in [0.1, 0.15) is 11.4 Å². The van der Waals surface area contributed by atoms with Crippen LogP contribution in [0.15, 0.2) is 54.6 Å². The van der Waals surface area contributed by atoms with Gasteiger partial charge in [-0.25, -0.2) is 4.68 Å². The zero-order valence-electron chi connectivity index (χ0n) is 20.1. The van der Waals surface area contributed by atoms with Gasteiger partial charge in [-0.15, -0.1) is 0 Å². The van der Waals surface area contributed by atoms with Crippen LogP contribution in [0.3, 0.4) is 0 Å². The maximum Gasteiger partial charge on any atom is 0.273 e. The molecule has 7 nitrogen and oxygen atoms in total. The summed E-state index contributed by atoms with van der Waals surface area (Å²) in [6.45, 7) is 7.44. The van der Waals surface area contributed by atoms with Crippen molar-refractivity contribution < 1.29 is 14.3 Å². The minimum Gasteiger partial charge on any atom is -0.497 e. The lowest BCUT2D eigenvalue weighted by molar-refractivity contribution is 0.0549. The Morgan fingerprint density at radius 2 is 1.79 bits per heavy atom. The van der Waals surface area contributed by atoms with Gasteiger partial charge >= 0.3 is 0 Å². The molecule has 2 amide bonds. The normalized spacial score (nSPS) is 19.7. The number of hydrogen-bond donors (Lipinski definition) is 0. The van der Waals surface area contributed by atoms with Crippen molar-refractivity contribution in [2.45, 2.75) is 39.3 Å². The first kappa shape index (κ1) is 22.2. The van der Waals surface area contributed by atoms with Crippen molar-refractivity contribution in [1.29, 1.82) is 0 Å². The molecule has 0 spiro atoms. The maximum absolute atomic E-state index is 13.9. The molecule has 0 bridgehead atoms. The minimum atomic E-state index is -0.0546. The number of aryl methyl sites for hydroxylation is 1. The van der Waals surface area contributed by atoms with E-state index in [1.54, 1.807) is 36.1 Å². The van der Waals surface area contributed by atoms with Crippen LogP contribution in [0.25, 0.3) is 5.69 Å². The van der Waals surface area contributed by atoms with Crippen LogP contribution in [0, 0.1) is 12.8 Å².